The molecule has 1 aliphatic carbocycles. The molecule has 38 heavy (non-hydrogen) atoms. The van der Waals surface area contributed by atoms with Crippen LogP contribution >= 0.6 is 0 Å². The maximum absolute atomic E-state index is 13.5. The largest absolute Gasteiger partial charge is 0.416 e. The van der Waals surface area contributed by atoms with Gasteiger partial charge in [0.25, 0.3) is 5.91 Å². The molecule has 2 aromatic rings. The lowest BCUT2D eigenvalue weighted by Crippen LogP contribution is -2.41. The van der Waals surface area contributed by atoms with E-state index in [1.165, 1.54) is 23.2 Å². The number of likely N-dealkylation sites (tertiary alicyclic amines) is 2. The summed E-state index contributed by atoms with van der Waals surface area (Å²) in [5, 5.41) is 4.48. The summed E-state index contributed by atoms with van der Waals surface area (Å²) in [5.74, 6) is -1.48. The maximum Gasteiger partial charge on any atom is 0.416 e. The Kier molecular flexibility index (Phi) is 6.93. The van der Waals surface area contributed by atoms with Gasteiger partial charge in [-0.25, -0.2) is 0 Å². The molecule has 12 heteroatoms. The first-order valence-electron chi connectivity index (χ1n) is 12.8. The molecule has 0 bridgehead atoms. The first-order chi connectivity index (χ1) is 17.9. The van der Waals surface area contributed by atoms with Gasteiger partial charge < -0.3 is 9.80 Å². The monoisotopic (exact) mass is 542 g/mol. The van der Waals surface area contributed by atoms with E-state index in [-0.39, 0.29) is 43.1 Å². The van der Waals surface area contributed by atoms with Crippen molar-refractivity contribution in [3.8, 4) is 0 Å². The fourth-order valence-electron chi connectivity index (χ4n) is 5.71. The number of carbonyl (C=O) groups excluding carboxylic acids is 2. The van der Waals surface area contributed by atoms with E-state index < -0.39 is 36.2 Å². The molecule has 3 fully saturated rings. The van der Waals surface area contributed by atoms with E-state index in [2.05, 4.69) is 5.10 Å². The molecule has 3 aliphatic rings. The summed E-state index contributed by atoms with van der Waals surface area (Å²) in [6, 6.07) is 5.33. The van der Waals surface area contributed by atoms with E-state index >= 15 is 0 Å². The number of amides is 2. The van der Waals surface area contributed by atoms with Gasteiger partial charge >= 0.3 is 12.4 Å². The molecule has 1 aromatic carbocycles. The third-order valence-electron chi connectivity index (χ3n) is 7.72. The lowest BCUT2D eigenvalue weighted by molar-refractivity contribution is -0.162. The summed E-state index contributed by atoms with van der Waals surface area (Å²) in [6.45, 7) is 0.879. The van der Waals surface area contributed by atoms with Gasteiger partial charge in [-0.2, -0.15) is 31.4 Å². The Labute approximate surface area is 215 Å². The molecule has 1 aromatic heterocycles. The first-order valence-corrected chi connectivity index (χ1v) is 12.8. The van der Waals surface area contributed by atoms with Crippen molar-refractivity contribution >= 4 is 11.8 Å². The summed E-state index contributed by atoms with van der Waals surface area (Å²) in [6.07, 6.45) is -5.93. The molecule has 0 spiro atoms. The molecule has 1 atom stereocenters. The zero-order valence-electron chi connectivity index (χ0n) is 20.6. The van der Waals surface area contributed by atoms with Crippen LogP contribution in [0.2, 0.25) is 0 Å². The Bertz CT molecular complexity index is 1200. The second-order valence-electron chi connectivity index (χ2n) is 10.4. The zero-order chi connectivity index (χ0) is 27.2. The van der Waals surface area contributed by atoms with Gasteiger partial charge in [-0.05, 0) is 43.7 Å². The number of nitrogens with zero attached hydrogens (tertiary/aromatic N) is 4. The molecule has 5 rings (SSSR count). The molecular weight excluding hydrogens is 514 g/mol. The van der Waals surface area contributed by atoms with Crippen LogP contribution in [0.15, 0.2) is 30.5 Å². The lowest BCUT2D eigenvalue weighted by atomic mass is 9.93. The average molecular weight is 543 g/mol. The fraction of sp³-hybridized carbons (Fsp3) is 0.577. The molecule has 0 radical (unpaired) electrons. The topological polar surface area (TPSA) is 58.4 Å². The quantitative estimate of drug-likeness (QED) is 0.468. The molecule has 206 valence electrons. The van der Waals surface area contributed by atoms with E-state index in [9.17, 15) is 35.9 Å². The number of hydrogen-bond donors (Lipinski definition) is 0. The van der Waals surface area contributed by atoms with E-state index in [1.54, 1.807) is 15.6 Å². The predicted octanol–water partition coefficient (Wildman–Crippen LogP) is 5.52. The maximum atomic E-state index is 13.5. The van der Waals surface area contributed by atoms with Crippen molar-refractivity contribution in [3.05, 3.63) is 52.8 Å². The van der Waals surface area contributed by atoms with Gasteiger partial charge in [0, 0.05) is 38.0 Å². The summed E-state index contributed by atoms with van der Waals surface area (Å²) in [7, 11) is 0. The molecule has 3 heterocycles. The summed E-state index contributed by atoms with van der Waals surface area (Å²) < 4.78 is 80.2. The van der Waals surface area contributed by atoms with Crippen molar-refractivity contribution in [2.75, 3.05) is 26.2 Å². The third-order valence-corrected chi connectivity index (χ3v) is 7.72. The van der Waals surface area contributed by atoms with Crippen molar-refractivity contribution < 1.29 is 35.9 Å². The minimum Gasteiger partial charge on any atom is -0.342 e. The second-order valence-corrected chi connectivity index (χ2v) is 10.4. The van der Waals surface area contributed by atoms with Crippen LogP contribution in [0.3, 0.4) is 0 Å². The van der Waals surface area contributed by atoms with Gasteiger partial charge in [-0.1, -0.05) is 18.2 Å². The van der Waals surface area contributed by atoms with E-state index in [0.717, 1.165) is 24.6 Å². The molecule has 2 aliphatic heterocycles. The van der Waals surface area contributed by atoms with Crippen LogP contribution in [0.25, 0.3) is 0 Å². The first kappa shape index (κ1) is 26.6. The number of halogens is 6. The molecule has 1 saturated carbocycles. The van der Waals surface area contributed by atoms with Gasteiger partial charge in [0.05, 0.1) is 29.1 Å². The SMILES string of the molecule is O=C(CC(F)(F)F)N1CCC(n2ncc(C(=O)N3CC[C@@H](c4ccccc4C(F)(F)F)C3)c2C2CC2)CC1. The van der Waals surface area contributed by atoms with E-state index in [4.69, 9.17) is 0 Å². The molecule has 2 saturated heterocycles. The van der Waals surface area contributed by atoms with E-state index in [1.807, 2.05) is 0 Å². The predicted molar refractivity (Wildman–Crippen MR) is 124 cm³/mol. The lowest BCUT2D eigenvalue weighted by Gasteiger charge is -2.33. The normalized spacial score (nSPS) is 21.3. The molecule has 0 unspecified atom stereocenters. The number of piperidine rings is 1. The van der Waals surface area contributed by atoms with Gasteiger partial charge in [-0.15, -0.1) is 0 Å². The Morgan fingerprint density at radius 3 is 2.16 bits per heavy atom. The van der Waals surface area contributed by atoms with Crippen LogP contribution in [0, 0.1) is 0 Å². The smallest absolute Gasteiger partial charge is 0.342 e. The molecule has 2 amide bonds. The zero-order valence-corrected chi connectivity index (χ0v) is 20.6. The Balaban J connectivity index is 1.29. The Hall–Kier alpha value is -3.05. The summed E-state index contributed by atoms with van der Waals surface area (Å²) in [5.41, 5.74) is 0.744. The van der Waals surface area contributed by atoms with Crippen LogP contribution in [0.1, 0.15) is 83.6 Å². The minimum absolute atomic E-state index is 0.144. The highest BCUT2D eigenvalue weighted by Crippen LogP contribution is 2.44. The van der Waals surface area contributed by atoms with E-state index in [0.29, 0.717) is 31.4 Å². The number of aromatic nitrogens is 2. The van der Waals surface area contributed by atoms with Crippen LogP contribution < -0.4 is 0 Å². The number of alkyl halides is 6. The summed E-state index contributed by atoms with van der Waals surface area (Å²) >= 11 is 0. The highest BCUT2D eigenvalue weighted by molar-refractivity contribution is 5.95. The number of hydrogen-bond acceptors (Lipinski definition) is 3. The minimum atomic E-state index is -4.55. The van der Waals surface area contributed by atoms with Crippen molar-refractivity contribution in [2.24, 2.45) is 0 Å². The summed E-state index contributed by atoms with van der Waals surface area (Å²) in [4.78, 5) is 28.3. The van der Waals surface area contributed by atoms with Crippen molar-refractivity contribution in [1.29, 1.82) is 0 Å². The highest BCUT2D eigenvalue weighted by atomic mass is 19.4. The van der Waals surface area contributed by atoms with Crippen molar-refractivity contribution in [3.63, 3.8) is 0 Å². The Morgan fingerprint density at radius 1 is 0.868 bits per heavy atom. The number of carbonyl (C=O) groups is 2. The van der Waals surface area contributed by atoms with Gasteiger partial charge in [0.2, 0.25) is 5.91 Å². The standard InChI is InChI=1S/C26H28F6N4O2/c27-25(28,29)13-22(37)34-11-8-18(9-12-34)36-23(16-5-6-16)20(14-33-36)24(38)35-10-7-17(15-35)19-3-1-2-4-21(19)26(30,31)32/h1-4,14,16-18H,5-13,15H2/t17-/m1/s1. The van der Waals surface area contributed by atoms with Crippen LogP contribution in [-0.2, 0) is 11.0 Å². The molecular formula is C26H28F6N4O2. The van der Waals surface area contributed by atoms with Crippen molar-refractivity contribution in [1.82, 2.24) is 19.6 Å². The number of rotatable bonds is 5. The number of benzene rings is 1. The van der Waals surface area contributed by atoms with Gasteiger partial charge in [0.15, 0.2) is 0 Å². The molecule has 0 N–H and O–H groups in total. The van der Waals surface area contributed by atoms with Gasteiger partial charge in [0.1, 0.15) is 6.42 Å². The third kappa shape index (κ3) is 5.54. The fourth-order valence-corrected chi connectivity index (χ4v) is 5.71. The highest BCUT2D eigenvalue weighted by Gasteiger charge is 2.41. The van der Waals surface area contributed by atoms with Crippen LogP contribution in [0.5, 0.6) is 0 Å². The van der Waals surface area contributed by atoms with Crippen LogP contribution in [0.4, 0.5) is 26.3 Å². The average Bonchev–Trinajstić information content (AvgIpc) is 3.40. The van der Waals surface area contributed by atoms with Crippen LogP contribution in [-0.4, -0.2) is 63.7 Å². The molecule has 6 nitrogen and oxygen atoms in total. The Morgan fingerprint density at radius 2 is 1.53 bits per heavy atom. The second kappa shape index (κ2) is 9.92. The van der Waals surface area contributed by atoms with Crippen molar-refractivity contribution in [2.45, 2.75) is 68.8 Å². The van der Waals surface area contributed by atoms with Gasteiger partial charge in [-0.3, -0.25) is 14.3 Å².